The molecule has 0 aromatic heterocycles. The number of phosphoric acid groups is 1. The Labute approximate surface area is 245 Å². The molecule has 0 heterocycles. The summed E-state index contributed by atoms with van der Waals surface area (Å²) in [6, 6.07) is 7.86. The number of nitrogens with zero attached hydrogens (tertiary/aromatic N) is 1. The molecule has 40 heavy (non-hydrogen) atoms. The van der Waals surface area contributed by atoms with Crippen LogP contribution in [-0.2, 0) is 24.8 Å². The molecule has 1 aromatic rings. The molecule has 0 fully saturated rings. The minimum absolute atomic E-state index is 0.0777. The normalized spacial score (nSPS) is 14.2. The molecule has 0 saturated heterocycles. The number of phosphoric ester groups is 1. The van der Waals surface area contributed by atoms with Crippen molar-refractivity contribution in [2.24, 2.45) is 5.92 Å². The van der Waals surface area contributed by atoms with E-state index in [1.54, 1.807) is 0 Å². The van der Waals surface area contributed by atoms with Crippen LogP contribution in [0.25, 0.3) is 0 Å². The minimum atomic E-state index is -4.42. The molecular formula is C32H58NO6P. The van der Waals surface area contributed by atoms with Gasteiger partial charge < -0.3 is 23.2 Å². The van der Waals surface area contributed by atoms with Crippen LogP contribution in [0.15, 0.2) is 24.3 Å². The maximum Gasteiger partial charge on any atom is 0.267 e. The number of ketones is 1. The van der Waals surface area contributed by atoms with E-state index in [0.29, 0.717) is 25.9 Å². The van der Waals surface area contributed by atoms with Gasteiger partial charge in [0, 0.05) is 19.3 Å². The molecule has 0 spiro atoms. The number of ether oxygens (including phenoxy) is 1. The highest BCUT2D eigenvalue weighted by Gasteiger charge is 2.19. The quantitative estimate of drug-likeness (QED) is 0.0638. The number of Topliss-reactive ketones (excluding diaryl/α,β-unsaturated/α-hetero) is 1. The summed E-state index contributed by atoms with van der Waals surface area (Å²) in [6.07, 6.45) is 16.1. The Morgan fingerprint density at radius 2 is 1.50 bits per heavy atom. The van der Waals surface area contributed by atoms with E-state index < -0.39 is 7.82 Å². The van der Waals surface area contributed by atoms with E-state index in [2.05, 4.69) is 6.92 Å². The summed E-state index contributed by atoms with van der Waals surface area (Å²) in [6.45, 7) is 5.57. The molecule has 0 aliphatic rings. The van der Waals surface area contributed by atoms with Gasteiger partial charge in [0.2, 0.25) is 0 Å². The van der Waals surface area contributed by atoms with E-state index in [9.17, 15) is 14.3 Å². The summed E-state index contributed by atoms with van der Waals surface area (Å²) in [4.78, 5) is 24.5. The molecular weight excluding hydrogens is 525 g/mol. The van der Waals surface area contributed by atoms with Crippen molar-refractivity contribution in [1.29, 1.82) is 0 Å². The van der Waals surface area contributed by atoms with Gasteiger partial charge in [-0.3, -0.25) is 9.36 Å². The largest absolute Gasteiger partial charge is 0.756 e. The first kappa shape index (κ1) is 36.8. The van der Waals surface area contributed by atoms with E-state index >= 15 is 0 Å². The van der Waals surface area contributed by atoms with Crippen molar-refractivity contribution in [1.82, 2.24) is 0 Å². The SMILES string of the molecule is CCCCCCCCCCCCCOc1cccc(CC(COP(=O)([O-])OCCC[N+](C)(C)C)CC(=O)CC)c1. The molecule has 0 aliphatic heterocycles. The van der Waals surface area contributed by atoms with Crippen LogP contribution in [0.2, 0.25) is 0 Å². The summed E-state index contributed by atoms with van der Waals surface area (Å²) in [5.41, 5.74) is 0.999. The fourth-order valence-corrected chi connectivity index (χ4v) is 5.48. The standard InChI is InChI=1S/C32H58NO6P/c1-6-8-9-10-11-12-13-14-15-16-17-23-37-32-21-18-20-29(27-32)25-30(26-31(34)7-2)28-39-40(35,36)38-24-19-22-33(3,4)5/h18,20-21,27,30H,6-17,19,22-26,28H2,1-5H3. The average molecular weight is 584 g/mol. The van der Waals surface area contributed by atoms with E-state index in [4.69, 9.17) is 13.8 Å². The van der Waals surface area contributed by atoms with Crippen molar-refractivity contribution in [3.63, 3.8) is 0 Å². The maximum absolute atomic E-state index is 12.3. The monoisotopic (exact) mass is 583 g/mol. The molecule has 0 radical (unpaired) electrons. The lowest BCUT2D eigenvalue weighted by molar-refractivity contribution is -0.870. The van der Waals surface area contributed by atoms with Crippen LogP contribution < -0.4 is 9.63 Å². The molecule has 0 saturated carbocycles. The summed E-state index contributed by atoms with van der Waals surface area (Å²) < 4.78 is 29.3. The van der Waals surface area contributed by atoms with Crippen LogP contribution in [0.4, 0.5) is 0 Å². The first-order valence-corrected chi connectivity index (χ1v) is 17.1. The van der Waals surface area contributed by atoms with Crippen LogP contribution in [-0.4, -0.2) is 57.8 Å². The first-order chi connectivity index (χ1) is 19.0. The third-order valence-electron chi connectivity index (χ3n) is 7.04. The van der Waals surface area contributed by atoms with Crippen molar-refractivity contribution in [3.8, 4) is 5.75 Å². The number of carbonyl (C=O) groups is 1. The van der Waals surface area contributed by atoms with Gasteiger partial charge in [-0.05, 0) is 36.5 Å². The molecule has 0 N–H and O–H groups in total. The number of rotatable bonds is 26. The third-order valence-corrected chi connectivity index (χ3v) is 8.01. The van der Waals surface area contributed by atoms with Crippen LogP contribution in [0, 0.1) is 5.92 Å². The zero-order chi connectivity index (χ0) is 29.7. The highest BCUT2D eigenvalue weighted by Crippen LogP contribution is 2.39. The zero-order valence-corrected chi connectivity index (χ0v) is 27.1. The van der Waals surface area contributed by atoms with E-state index in [1.165, 1.54) is 64.2 Å². The second kappa shape index (κ2) is 21.5. The maximum atomic E-state index is 12.3. The predicted octanol–water partition coefficient (Wildman–Crippen LogP) is 7.50. The summed E-state index contributed by atoms with van der Waals surface area (Å²) in [5, 5.41) is 0. The van der Waals surface area contributed by atoms with Gasteiger partial charge >= 0.3 is 0 Å². The first-order valence-electron chi connectivity index (χ1n) is 15.7. The van der Waals surface area contributed by atoms with E-state index in [0.717, 1.165) is 28.8 Å². The number of hydrogen-bond acceptors (Lipinski definition) is 6. The van der Waals surface area contributed by atoms with Crippen molar-refractivity contribution in [2.45, 2.75) is 110 Å². The molecule has 1 aromatic carbocycles. The fraction of sp³-hybridized carbons (Fsp3) is 0.781. The number of quaternary nitrogens is 1. The number of benzene rings is 1. The van der Waals surface area contributed by atoms with Crippen molar-refractivity contribution < 1.29 is 32.5 Å². The fourth-order valence-electron chi connectivity index (χ4n) is 4.66. The average Bonchev–Trinajstić information content (AvgIpc) is 2.90. The molecule has 0 aliphatic carbocycles. The van der Waals surface area contributed by atoms with Gasteiger partial charge in [0.15, 0.2) is 0 Å². The van der Waals surface area contributed by atoms with Crippen molar-refractivity contribution in [3.05, 3.63) is 29.8 Å². The topological polar surface area (TPSA) is 84.9 Å². The molecule has 2 unspecified atom stereocenters. The molecule has 0 amide bonds. The highest BCUT2D eigenvalue weighted by atomic mass is 31.2. The van der Waals surface area contributed by atoms with Crippen LogP contribution in [0.1, 0.15) is 109 Å². The zero-order valence-electron chi connectivity index (χ0n) is 26.2. The summed E-state index contributed by atoms with van der Waals surface area (Å²) >= 11 is 0. The lowest BCUT2D eigenvalue weighted by atomic mass is 9.94. The molecule has 232 valence electrons. The van der Waals surface area contributed by atoms with Gasteiger partial charge in [0.1, 0.15) is 11.5 Å². The van der Waals surface area contributed by atoms with Crippen molar-refractivity contribution in [2.75, 3.05) is 47.5 Å². The van der Waals surface area contributed by atoms with Gasteiger partial charge in [-0.25, -0.2) is 0 Å². The molecule has 2 atom stereocenters. The minimum Gasteiger partial charge on any atom is -0.756 e. The molecule has 7 nitrogen and oxygen atoms in total. The smallest absolute Gasteiger partial charge is 0.267 e. The lowest BCUT2D eigenvalue weighted by Gasteiger charge is -2.27. The molecule has 8 heteroatoms. The summed E-state index contributed by atoms with van der Waals surface area (Å²) in [7, 11) is 1.70. The Morgan fingerprint density at radius 3 is 2.10 bits per heavy atom. The van der Waals surface area contributed by atoms with Gasteiger partial charge in [-0.2, -0.15) is 0 Å². The Morgan fingerprint density at radius 1 is 0.875 bits per heavy atom. The van der Waals surface area contributed by atoms with Crippen LogP contribution >= 0.6 is 7.82 Å². The third kappa shape index (κ3) is 20.6. The van der Waals surface area contributed by atoms with E-state index in [1.807, 2.05) is 52.3 Å². The second-order valence-electron chi connectivity index (χ2n) is 12.1. The number of hydrogen-bond donors (Lipinski definition) is 0. The lowest BCUT2D eigenvalue weighted by Crippen LogP contribution is -2.35. The van der Waals surface area contributed by atoms with Crippen LogP contribution in [0.3, 0.4) is 0 Å². The van der Waals surface area contributed by atoms with Crippen molar-refractivity contribution >= 4 is 13.6 Å². The van der Waals surface area contributed by atoms with Gasteiger partial charge in [-0.15, -0.1) is 0 Å². The number of carbonyl (C=O) groups excluding carboxylic acids is 1. The summed E-state index contributed by atoms with van der Waals surface area (Å²) in [5.74, 6) is 0.634. The molecule has 1 rings (SSSR count). The Bertz CT molecular complexity index is 841. The van der Waals surface area contributed by atoms with Gasteiger partial charge in [0.05, 0.1) is 47.5 Å². The predicted molar refractivity (Wildman–Crippen MR) is 163 cm³/mol. The van der Waals surface area contributed by atoms with E-state index in [-0.39, 0.29) is 31.3 Å². The number of unbranched alkanes of at least 4 members (excludes halogenated alkanes) is 10. The Kier molecular flexibility index (Phi) is 19.7. The highest BCUT2D eigenvalue weighted by molar-refractivity contribution is 7.45. The second-order valence-corrected chi connectivity index (χ2v) is 13.6. The Balaban J connectivity index is 2.42. The Hall–Kier alpha value is -1.24. The van der Waals surface area contributed by atoms with Crippen LogP contribution in [0.5, 0.6) is 5.75 Å². The van der Waals surface area contributed by atoms with Gasteiger partial charge in [0.25, 0.3) is 7.82 Å². The molecule has 0 bridgehead atoms. The van der Waals surface area contributed by atoms with Gasteiger partial charge in [-0.1, -0.05) is 90.2 Å².